The largest absolute Gasteiger partial charge is 0.317 e. The van der Waals surface area contributed by atoms with Gasteiger partial charge in [0.15, 0.2) is 5.11 Å². The molecule has 4 rings (SSSR count). The third kappa shape index (κ3) is 3.71. The predicted molar refractivity (Wildman–Crippen MR) is 115 cm³/mol. The summed E-state index contributed by atoms with van der Waals surface area (Å²) in [7, 11) is 0. The molecule has 154 valence electrons. The van der Waals surface area contributed by atoms with Crippen molar-refractivity contribution in [2.24, 2.45) is 0 Å². The second-order valence-electron chi connectivity index (χ2n) is 6.49. The van der Waals surface area contributed by atoms with Gasteiger partial charge in [-0.25, -0.2) is 9.29 Å². The van der Waals surface area contributed by atoms with Crippen LogP contribution < -0.4 is 10.2 Å². The number of hydrogen-bond acceptors (Lipinski definition) is 5. The minimum atomic E-state index is -0.786. The fourth-order valence-corrected chi connectivity index (χ4v) is 3.43. The van der Waals surface area contributed by atoms with Gasteiger partial charge in [-0.3, -0.25) is 25.0 Å². The summed E-state index contributed by atoms with van der Waals surface area (Å²) in [5.41, 5.74) is 0.434. The number of carbonyl (C=O) groups excluding carboxylic acids is 2. The Morgan fingerprint density at radius 3 is 2.58 bits per heavy atom. The van der Waals surface area contributed by atoms with Crippen molar-refractivity contribution in [1.29, 1.82) is 0 Å². The lowest BCUT2D eigenvalue weighted by atomic mass is 10.1. The maximum Gasteiger partial charge on any atom is 0.271 e. The quantitative estimate of drug-likeness (QED) is 0.222. The maximum absolute atomic E-state index is 14.3. The monoisotopic (exact) mass is 436 g/mol. The van der Waals surface area contributed by atoms with Gasteiger partial charge >= 0.3 is 0 Å². The molecule has 0 atom stereocenters. The molecule has 2 aromatic carbocycles. The Hall–Kier alpha value is -4.18. The molecule has 2 heterocycles. The number of rotatable bonds is 4. The number of nitrogens with zero attached hydrogens (tertiary/aromatic N) is 3. The third-order valence-electron chi connectivity index (χ3n) is 4.59. The van der Waals surface area contributed by atoms with Crippen LogP contribution in [0.3, 0.4) is 0 Å². The standard InChI is InChI=1S/C21H13FN4O4S/c22-17-8-1-2-9-18(17)25-20(28)16(19(27)23-21(25)31)12-14-7-4-10-24(14)13-5-3-6-15(11-13)26(29)30/h1-12H,(H,23,27,31)/b16-12+. The van der Waals surface area contributed by atoms with Gasteiger partial charge in [0, 0.05) is 24.0 Å². The van der Waals surface area contributed by atoms with Gasteiger partial charge in [-0.15, -0.1) is 0 Å². The van der Waals surface area contributed by atoms with E-state index in [1.54, 1.807) is 35.0 Å². The number of thiocarbonyl (C=S) groups is 1. The van der Waals surface area contributed by atoms with E-state index in [0.29, 0.717) is 11.4 Å². The first-order chi connectivity index (χ1) is 14.9. The first kappa shape index (κ1) is 20.1. The summed E-state index contributed by atoms with van der Waals surface area (Å²) in [4.78, 5) is 37.0. The molecule has 0 spiro atoms. The Morgan fingerprint density at radius 1 is 1.06 bits per heavy atom. The highest BCUT2D eigenvalue weighted by Gasteiger charge is 2.35. The number of carbonyl (C=O) groups is 2. The number of aromatic nitrogens is 1. The van der Waals surface area contributed by atoms with Crippen LogP contribution in [0.4, 0.5) is 15.8 Å². The molecule has 10 heteroatoms. The van der Waals surface area contributed by atoms with Crippen molar-refractivity contribution < 1.29 is 18.9 Å². The van der Waals surface area contributed by atoms with E-state index in [9.17, 15) is 24.1 Å². The van der Waals surface area contributed by atoms with Crippen LogP contribution in [0.15, 0.2) is 72.4 Å². The summed E-state index contributed by atoms with van der Waals surface area (Å²) in [6.07, 6.45) is 2.96. The Bertz CT molecular complexity index is 1280. The number of amides is 2. The highest BCUT2D eigenvalue weighted by molar-refractivity contribution is 7.80. The Kier molecular flexibility index (Phi) is 5.14. The van der Waals surface area contributed by atoms with E-state index in [-0.39, 0.29) is 22.1 Å². The molecule has 1 saturated heterocycles. The highest BCUT2D eigenvalue weighted by atomic mass is 32.1. The molecule has 31 heavy (non-hydrogen) atoms. The summed E-state index contributed by atoms with van der Waals surface area (Å²) in [6.45, 7) is 0. The third-order valence-corrected chi connectivity index (χ3v) is 4.87. The van der Waals surface area contributed by atoms with Crippen molar-refractivity contribution in [3.05, 3.63) is 94.1 Å². The van der Waals surface area contributed by atoms with Crippen LogP contribution in [-0.4, -0.2) is 26.4 Å². The minimum Gasteiger partial charge on any atom is -0.317 e. The van der Waals surface area contributed by atoms with Crippen molar-refractivity contribution in [3.8, 4) is 5.69 Å². The van der Waals surface area contributed by atoms with Crippen LogP contribution in [0.25, 0.3) is 11.8 Å². The number of anilines is 1. The van der Waals surface area contributed by atoms with Gasteiger partial charge in [0.1, 0.15) is 11.4 Å². The van der Waals surface area contributed by atoms with Crippen LogP contribution >= 0.6 is 12.2 Å². The van der Waals surface area contributed by atoms with E-state index < -0.39 is 22.6 Å². The zero-order valence-electron chi connectivity index (χ0n) is 15.7. The fourth-order valence-electron chi connectivity index (χ4n) is 3.16. The van der Waals surface area contributed by atoms with E-state index in [0.717, 1.165) is 4.90 Å². The number of nitro benzene ring substituents is 1. The Labute approximate surface area is 180 Å². The summed E-state index contributed by atoms with van der Waals surface area (Å²) in [5, 5.41) is 13.2. The zero-order chi connectivity index (χ0) is 22.1. The zero-order valence-corrected chi connectivity index (χ0v) is 16.5. The normalized spacial score (nSPS) is 15.3. The van der Waals surface area contributed by atoms with Crippen LogP contribution in [0, 0.1) is 15.9 Å². The SMILES string of the molecule is O=C1NC(=S)N(c2ccccc2F)C(=O)/C1=C/c1cccn1-c1cccc([N+](=O)[O-])c1. The number of halogens is 1. The molecule has 3 aromatic rings. The molecule has 1 aliphatic heterocycles. The molecule has 0 bridgehead atoms. The molecule has 0 aliphatic carbocycles. The van der Waals surface area contributed by atoms with Gasteiger partial charge in [-0.2, -0.15) is 0 Å². The van der Waals surface area contributed by atoms with Gasteiger partial charge in [-0.05, 0) is 48.6 Å². The smallest absolute Gasteiger partial charge is 0.271 e. The average molecular weight is 436 g/mol. The summed E-state index contributed by atoms with van der Waals surface area (Å²) < 4.78 is 15.9. The first-order valence-corrected chi connectivity index (χ1v) is 9.36. The average Bonchev–Trinajstić information content (AvgIpc) is 3.21. The molecule has 0 unspecified atom stereocenters. The van der Waals surface area contributed by atoms with Gasteiger partial charge in [-0.1, -0.05) is 18.2 Å². The molecule has 1 fully saturated rings. The number of nitro groups is 1. The van der Waals surface area contributed by atoms with Crippen LogP contribution in [0.1, 0.15) is 5.69 Å². The van der Waals surface area contributed by atoms with Crippen LogP contribution in [0.5, 0.6) is 0 Å². The van der Waals surface area contributed by atoms with E-state index in [1.807, 2.05) is 0 Å². The number of nitrogens with one attached hydrogen (secondary N) is 1. The molecule has 1 N–H and O–H groups in total. The summed E-state index contributed by atoms with van der Waals surface area (Å²) >= 11 is 5.08. The van der Waals surface area contributed by atoms with Gasteiger partial charge < -0.3 is 4.57 Å². The maximum atomic E-state index is 14.3. The molecular formula is C21H13FN4O4S. The lowest BCUT2D eigenvalue weighted by Gasteiger charge is -2.29. The van der Waals surface area contributed by atoms with Crippen molar-refractivity contribution in [1.82, 2.24) is 9.88 Å². The van der Waals surface area contributed by atoms with Crippen LogP contribution in [0.2, 0.25) is 0 Å². The summed E-state index contributed by atoms with van der Waals surface area (Å²) in [6, 6.07) is 14.8. The van der Waals surface area contributed by atoms with E-state index in [2.05, 4.69) is 5.32 Å². The second-order valence-corrected chi connectivity index (χ2v) is 6.88. The van der Waals surface area contributed by atoms with E-state index >= 15 is 0 Å². The van der Waals surface area contributed by atoms with Gasteiger partial charge in [0.05, 0.1) is 16.3 Å². The molecule has 8 nitrogen and oxygen atoms in total. The molecular weight excluding hydrogens is 423 g/mol. The van der Waals surface area contributed by atoms with Gasteiger partial charge in [0.25, 0.3) is 17.5 Å². The Morgan fingerprint density at radius 2 is 1.84 bits per heavy atom. The highest BCUT2D eigenvalue weighted by Crippen LogP contribution is 2.26. The lowest BCUT2D eigenvalue weighted by molar-refractivity contribution is -0.384. The predicted octanol–water partition coefficient (Wildman–Crippen LogP) is 3.36. The topological polar surface area (TPSA) is 97.5 Å². The summed E-state index contributed by atoms with van der Waals surface area (Å²) in [5.74, 6) is -2.19. The molecule has 0 saturated carbocycles. The molecule has 1 aromatic heterocycles. The van der Waals surface area contributed by atoms with E-state index in [4.69, 9.17) is 12.2 Å². The number of hydrogen-bond donors (Lipinski definition) is 1. The van der Waals surface area contributed by atoms with E-state index in [1.165, 1.54) is 42.5 Å². The lowest BCUT2D eigenvalue weighted by Crippen LogP contribution is -2.54. The van der Waals surface area contributed by atoms with Crippen molar-refractivity contribution in [2.45, 2.75) is 0 Å². The van der Waals surface area contributed by atoms with Crippen molar-refractivity contribution >= 4 is 46.6 Å². The molecule has 1 aliphatic rings. The van der Waals surface area contributed by atoms with Gasteiger partial charge in [0.2, 0.25) is 0 Å². The number of benzene rings is 2. The number of para-hydroxylation sites is 1. The fraction of sp³-hybridized carbons (Fsp3) is 0. The molecule has 2 amide bonds. The number of non-ortho nitro benzene ring substituents is 1. The van der Waals surface area contributed by atoms with Crippen molar-refractivity contribution in [2.75, 3.05) is 4.90 Å². The van der Waals surface area contributed by atoms with Crippen LogP contribution in [-0.2, 0) is 9.59 Å². The Balaban J connectivity index is 1.77. The van der Waals surface area contributed by atoms with Crippen molar-refractivity contribution in [3.63, 3.8) is 0 Å². The first-order valence-electron chi connectivity index (χ1n) is 8.95. The molecule has 0 radical (unpaired) electrons. The minimum absolute atomic E-state index is 0.0857. The second kappa shape index (κ2) is 7.92.